The Kier molecular flexibility index (Phi) is 6.70. The number of carbonyl (C=O) groups is 1. The summed E-state index contributed by atoms with van der Waals surface area (Å²) in [5.41, 5.74) is -0.595. The molecule has 38 heavy (non-hydrogen) atoms. The van der Waals surface area contributed by atoms with Gasteiger partial charge in [0.2, 0.25) is 0 Å². The largest absolute Gasteiger partial charge is 0.457 e. The number of hydrogen-bond donors (Lipinski definition) is 1. The Morgan fingerprint density at radius 3 is 2.21 bits per heavy atom. The third-order valence-electron chi connectivity index (χ3n) is 5.94. The molecule has 0 aliphatic rings. The summed E-state index contributed by atoms with van der Waals surface area (Å²) >= 11 is 0. The van der Waals surface area contributed by atoms with Crippen LogP contribution in [-0.4, -0.2) is 10.5 Å². The SMILES string of the molecule is O=C(NCc1ccc(Oc2ccccc2)cc1)c1cc2ccccc2n(-c2cccc(C(F)(F)F)c2)c1=O. The number of pyridine rings is 1. The van der Waals surface area contributed by atoms with Crippen molar-refractivity contribution in [3.05, 3.63) is 136 Å². The van der Waals surface area contributed by atoms with Crippen molar-refractivity contribution in [2.45, 2.75) is 12.7 Å². The molecule has 190 valence electrons. The zero-order valence-corrected chi connectivity index (χ0v) is 19.9. The lowest BCUT2D eigenvalue weighted by atomic mass is 10.1. The van der Waals surface area contributed by atoms with Crippen LogP contribution in [0.25, 0.3) is 16.6 Å². The number of amides is 1. The summed E-state index contributed by atoms with van der Waals surface area (Å²) < 4.78 is 46.9. The molecular weight excluding hydrogens is 493 g/mol. The summed E-state index contributed by atoms with van der Waals surface area (Å²) in [5, 5.41) is 3.27. The van der Waals surface area contributed by atoms with Crippen LogP contribution in [0, 0.1) is 0 Å². The molecule has 0 saturated heterocycles. The van der Waals surface area contributed by atoms with Gasteiger partial charge in [-0.25, -0.2) is 0 Å². The number of carbonyl (C=O) groups excluding carboxylic acids is 1. The van der Waals surface area contributed by atoms with E-state index in [2.05, 4.69) is 5.32 Å². The van der Waals surface area contributed by atoms with Gasteiger partial charge in [-0.05, 0) is 65.5 Å². The van der Waals surface area contributed by atoms with Crippen molar-refractivity contribution in [3.63, 3.8) is 0 Å². The second-order valence-electron chi connectivity index (χ2n) is 8.55. The van der Waals surface area contributed by atoms with Crippen molar-refractivity contribution < 1.29 is 22.7 Å². The first-order valence-corrected chi connectivity index (χ1v) is 11.7. The number of benzene rings is 4. The lowest BCUT2D eigenvalue weighted by Crippen LogP contribution is -2.32. The predicted molar refractivity (Wildman–Crippen MR) is 139 cm³/mol. The highest BCUT2D eigenvalue weighted by molar-refractivity contribution is 5.97. The van der Waals surface area contributed by atoms with Gasteiger partial charge in [0.15, 0.2) is 0 Å². The summed E-state index contributed by atoms with van der Waals surface area (Å²) in [4.78, 5) is 26.5. The fourth-order valence-electron chi connectivity index (χ4n) is 4.08. The van der Waals surface area contributed by atoms with Crippen molar-refractivity contribution in [3.8, 4) is 17.2 Å². The van der Waals surface area contributed by atoms with Crippen LogP contribution in [0.3, 0.4) is 0 Å². The first-order valence-electron chi connectivity index (χ1n) is 11.7. The molecule has 0 spiro atoms. The van der Waals surface area contributed by atoms with Gasteiger partial charge in [0.05, 0.1) is 11.1 Å². The van der Waals surface area contributed by atoms with Gasteiger partial charge in [-0.1, -0.05) is 54.6 Å². The third-order valence-corrected chi connectivity index (χ3v) is 5.94. The van der Waals surface area contributed by atoms with E-state index in [0.29, 0.717) is 22.4 Å². The van der Waals surface area contributed by atoms with Crippen LogP contribution in [0.15, 0.2) is 114 Å². The molecule has 5 nitrogen and oxygen atoms in total. The fraction of sp³-hybridized carbons (Fsp3) is 0.0667. The van der Waals surface area contributed by atoms with Crippen molar-refractivity contribution in [1.82, 2.24) is 9.88 Å². The minimum Gasteiger partial charge on any atom is -0.457 e. The van der Waals surface area contributed by atoms with Crippen LogP contribution >= 0.6 is 0 Å². The number of nitrogens with one attached hydrogen (secondary N) is 1. The minimum absolute atomic E-state index is 0.0182. The van der Waals surface area contributed by atoms with Crippen molar-refractivity contribution >= 4 is 16.8 Å². The first kappa shape index (κ1) is 24.8. The Bertz CT molecular complexity index is 1660. The van der Waals surface area contributed by atoms with Crippen molar-refractivity contribution in [1.29, 1.82) is 0 Å². The van der Waals surface area contributed by atoms with Gasteiger partial charge in [0.25, 0.3) is 11.5 Å². The van der Waals surface area contributed by atoms with Gasteiger partial charge in [0, 0.05) is 12.2 Å². The molecule has 1 aromatic heterocycles. The molecule has 0 atom stereocenters. The molecule has 0 unspecified atom stereocenters. The molecule has 0 aliphatic carbocycles. The minimum atomic E-state index is -4.58. The quantitative estimate of drug-likeness (QED) is 0.273. The molecule has 5 aromatic rings. The molecule has 0 bridgehead atoms. The number of nitrogens with zero attached hydrogens (tertiary/aromatic N) is 1. The van der Waals surface area contributed by atoms with E-state index in [1.165, 1.54) is 18.2 Å². The van der Waals surface area contributed by atoms with Gasteiger partial charge in [-0.2, -0.15) is 13.2 Å². The number of ether oxygens (including phenoxy) is 1. The number of para-hydroxylation sites is 2. The number of fused-ring (bicyclic) bond motifs is 1. The molecule has 0 fully saturated rings. The summed E-state index contributed by atoms with van der Waals surface area (Å²) in [7, 11) is 0. The summed E-state index contributed by atoms with van der Waals surface area (Å²) in [6.07, 6.45) is -4.58. The summed E-state index contributed by atoms with van der Waals surface area (Å²) in [6, 6.07) is 29.1. The number of aromatic nitrogens is 1. The molecule has 8 heteroatoms. The first-order chi connectivity index (χ1) is 18.3. The molecular formula is C30H21F3N2O3. The highest BCUT2D eigenvalue weighted by Gasteiger charge is 2.31. The van der Waals surface area contributed by atoms with E-state index >= 15 is 0 Å². The summed E-state index contributed by atoms with van der Waals surface area (Å²) in [6.45, 7) is 0.139. The van der Waals surface area contributed by atoms with Gasteiger partial charge in [-0.15, -0.1) is 0 Å². The molecule has 4 aromatic carbocycles. The van der Waals surface area contributed by atoms with Crippen LogP contribution in [0.4, 0.5) is 13.2 Å². The lowest BCUT2D eigenvalue weighted by molar-refractivity contribution is -0.137. The predicted octanol–water partition coefficient (Wildman–Crippen LogP) is 6.73. The lowest BCUT2D eigenvalue weighted by Gasteiger charge is -2.15. The zero-order valence-electron chi connectivity index (χ0n) is 19.9. The van der Waals surface area contributed by atoms with Crippen LogP contribution in [0.2, 0.25) is 0 Å². The number of alkyl halides is 3. The van der Waals surface area contributed by atoms with Crippen LogP contribution in [0.1, 0.15) is 21.5 Å². The molecule has 1 amide bonds. The monoisotopic (exact) mass is 514 g/mol. The Morgan fingerprint density at radius 1 is 0.789 bits per heavy atom. The highest BCUT2D eigenvalue weighted by Crippen LogP contribution is 2.31. The number of rotatable bonds is 6. The fourth-order valence-corrected chi connectivity index (χ4v) is 4.08. The number of halogens is 3. The molecule has 5 rings (SSSR count). The molecule has 1 heterocycles. The molecule has 1 N–H and O–H groups in total. The second kappa shape index (κ2) is 10.3. The van der Waals surface area contributed by atoms with E-state index in [9.17, 15) is 22.8 Å². The Labute approximate surface area is 215 Å². The van der Waals surface area contributed by atoms with E-state index < -0.39 is 23.2 Å². The van der Waals surface area contributed by atoms with Gasteiger partial charge < -0.3 is 10.1 Å². The third kappa shape index (κ3) is 5.29. The maximum atomic E-state index is 13.4. The Hall–Kier alpha value is -4.85. The summed E-state index contributed by atoms with van der Waals surface area (Å²) in [5.74, 6) is 0.692. The Morgan fingerprint density at radius 2 is 1.47 bits per heavy atom. The van der Waals surface area contributed by atoms with E-state index in [1.54, 1.807) is 48.5 Å². The highest BCUT2D eigenvalue weighted by atomic mass is 19.4. The second-order valence-corrected chi connectivity index (χ2v) is 8.55. The maximum Gasteiger partial charge on any atom is 0.416 e. The maximum absolute atomic E-state index is 13.4. The average Bonchev–Trinajstić information content (AvgIpc) is 2.92. The van der Waals surface area contributed by atoms with E-state index in [4.69, 9.17) is 4.74 Å². The number of hydrogen-bond acceptors (Lipinski definition) is 3. The standard InChI is InChI=1S/C30H21F3N2O3/c31-30(32,33)22-8-6-9-23(18-22)35-27-12-5-4-7-21(27)17-26(29(35)37)28(36)34-19-20-13-15-25(16-14-20)38-24-10-2-1-3-11-24/h1-18H,19H2,(H,34,36). The molecule has 0 radical (unpaired) electrons. The van der Waals surface area contributed by atoms with Crippen LogP contribution < -0.4 is 15.6 Å². The van der Waals surface area contributed by atoms with Gasteiger partial charge >= 0.3 is 6.18 Å². The topological polar surface area (TPSA) is 60.3 Å². The van der Waals surface area contributed by atoms with E-state index in [-0.39, 0.29) is 17.8 Å². The van der Waals surface area contributed by atoms with Gasteiger partial charge in [-0.3, -0.25) is 14.2 Å². The zero-order chi connectivity index (χ0) is 26.7. The van der Waals surface area contributed by atoms with Crippen LogP contribution in [-0.2, 0) is 12.7 Å². The van der Waals surface area contributed by atoms with Gasteiger partial charge in [0.1, 0.15) is 17.1 Å². The van der Waals surface area contributed by atoms with Crippen LogP contribution in [0.5, 0.6) is 11.5 Å². The van der Waals surface area contributed by atoms with Crippen molar-refractivity contribution in [2.75, 3.05) is 0 Å². The van der Waals surface area contributed by atoms with E-state index in [0.717, 1.165) is 22.3 Å². The average molecular weight is 515 g/mol. The Balaban J connectivity index is 1.41. The molecule has 0 aliphatic heterocycles. The smallest absolute Gasteiger partial charge is 0.416 e. The van der Waals surface area contributed by atoms with Crippen molar-refractivity contribution in [2.24, 2.45) is 0 Å². The normalized spacial score (nSPS) is 11.3. The van der Waals surface area contributed by atoms with E-state index in [1.807, 2.05) is 30.3 Å². The molecule has 0 saturated carbocycles.